The minimum atomic E-state index is -0.496. The largest absolute Gasteiger partial charge is 0.468 e. The number of rotatable bonds is 2. The monoisotopic (exact) mass is 212 g/mol. The lowest BCUT2D eigenvalue weighted by atomic mass is 10.5. The zero-order valence-corrected chi connectivity index (χ0v) is 8.34. The molecule has 0 unspecified atom stereocenters. The molecule has 0 atom stereocenters. The van der Waals surface area contributed by atoms with E-state index in [9.17, 15) is 9.59 Å². The summed E-state index contributed by atoms with van der Waals surface area (Å²) in [7, 11) is 1.25. The van der Waals surface area contributed by atoms with Crippen molar-refractivity contribution in [2.24, 2.45) is 0 Å². The summed E-state index contributed by atoms with van der Waals surface area (Å²) >= 11 is 1.24. The fourth-order valence-electron chi connectivity index (χ4n) is 0.949. The molecule has 1 saturated heterocycles. The number of ether oxygens (including phenoxy) is 1. The number of carbonyl (C=O) groups excluding carboxylic acids is 2. The molecule has 5 nitrogen and oxygen atoms in total. The highest BCUT2D eigenvalue weighted by Gasteiger charge is 2.28. The van der Waals surface area contributed by atoms with Gasteiger partial charge >= 0.3 is 5.97 Å². The van der Waals surface area contributed by atoms with Crippen LogP contribution >= 0.6 is 11.8 Å². The van der Waals surface area contributed by atoms with Crippen molar-refractivity contribution in [3.63, 3.8) is 0 Å². The lowest BCUT2D eigenvalue weighted by Crippen LogP contribution is -2.31. The number of nitriles is 1. The molecule has 0 bridgehead atoms. The number of methoxy groups -OCH3 is 1. The molecule has 6 heteroatoms. The van der Waals surface area contributed by atoms with Crippen LogP contribution < -0.4 is 0 Å². The van der Waals surface area contributed by atoms with Crippen LogP contribution in [-0.2, 0) is 14.3 Å². The van der Waals surface area contributed by atoms with E-state index in [0.29, 0.717) is 5.03 Å². The summed E-state index contributed by atoms with van der Waals surface area (Å²) in [6.45, 7) is -0.129. The van der Waals surface area contributed by atoms with Crippen molar-refractivity contribution in [3.8, 4) is 6.07 Å². The molecule has 0 N–H and O–H groups in total. The smallest absolute Gasteiger partial charge is 0.325 e. The first-order valence-electron chi connectivity index (χ1n) is 3.78. The van der Waals surface area contributed by atoms with Crippen molar-refractivity contribution in [2.75, 3.05) is 19.4 Å². The first-order chi connectivity index (χ1) is 6.69. The molecule has 0 aromatic carbocycles. The summed E-state index contributed by atoms with van der Waals surface area (Å²) in [5.41, 5.74) is 0. The van der Waals surface area contributed by atoms with Gasteiger partial charge in [-0.1, -0.05) is 11.8 Å². The second kappa shape index (κ2) is 4.67. The summed E-state index contributed by atoms with van der Waals surface area (Å²) in [4.78, 5) is 23.4. The van der Waals surface area contributed by atoms with Gasteiger partial charge in [0.05, 0.1) is 24.0 Å². The maximum Gasteiger partial charge on any atom is 0.325 e. The Morgan fingerprint density at radius 1 is 1.86 bits per heavy atom. The molecule has 0 radical (unpaired) electrons. The first kappa shape index (κ1) is 10.6. The fraction of sp³-hybridized carbons (Fsp3) is 0.375. The number of nitrogens with zero attached hydrogens (tertiary/aromatic N) is 2. The number of allylic oxidation sites excluding steroid dienone is 1. The fourth-order valence-corrected chi connectivity index (χ4v) is 1.83. The van der Waals surface area contributed by atoms with Crippen molar-refractivity contribution in [3.05, 3.63) is 11.1 Å². The molecule has 1 aliphatic heterocycles. The third kappa shape index (κ3) is 2.26. The molecule has 14 heavy (non-hydrogen) atoms. The molecule has 0 spiro atoms. The lowest BCUT2D eigenvalue weighted by Gasteiger charge is -2.13. The first-order valence-corrected chi connectivity index (χ1v) is 4.77. The van der Waals surface area contributed by atoms with Crippen LogP contribution in [0.5, 0.6) is 0 Å². The van der Waals surface area contributed by atoms with Gasteiger partial charge in [-0.2, -0.15) is 5.26 Å². The molecular formula is C8H8N2O3S. The molecule has 0 saturated carbocycles. The maximum atomic E-state index is 11.3. The second-order valence-electron chi connectivity index (χ2n) is 2.46. The summed E-state index contributed by atoms with van der Waals surface area (Å²) in [6, 6.07) is 1.82. The van der Waals surface area contributed by atoms with E-state index in [2.05, 4.69) is 4.74 Å². The van der Waals surface area contributed by atoms with Crippen LogP contribution in [-0.4, -0.2) is 36.2 Å². The van der Waals surface area contributed by atoms with Gasteiger partial charge in [0, 0.05) is 6.08 Å². The van der Waals surface area contributed by atoms with Gasteiger partial charge in [-0.25, -0.2) is 0 Å². The Kier molecular flexibility index (Phi) is 3.54. The van der Waals surface area contributed by atoms with Crippen LogP contribution in [0.2, 0.25) is 0 Å². The minimum Gasteiger partial charge on any atom is -0.468 e. The topological polar surface area (TPSA) is 70.4 Å². The maximum absolute atomic E-state index is 11.3. The molecule has 1 rings (SSSR count). The standard InChI is InChI=1S/C8H8N2O3S/c1-13-8(12)4-10-6(11)5-14-7(10)2-3-9/h2H,4-5H2,1H3. The van der Waals surface area contributed by atoms with E-state index in [1.807, 2.05) is 6.07 Å². The Bertz CT molecular complexity index is 332. The highest BCUT2D eigenvalue weighted by molar-refractivity contribution is 8.04. The zero-order chi connectivity index (χ0) is 10.6. The number of esters is 1. The highest BCUT2D eigenvalue weighted by Crippen LogP contribution is 2.27. The van der Waals surface area contributed by atoms with Crippen LogP contribution in [0, 0.1) is 11.3 Å². The normalized spacial score (nSPS) is 18.4. The quantitative estimate of drug-likeness (QED) is 0.479. The minimum absolute atomic E-state index is 0.129. The number of thioether (sulfide) groups is 1. The summed E-state index contributed by atoms with van der Waals surface area (Å²) in [6.07, 6.45) is 1.25. The van der Waals surface area contributed by atoms with Crippen LogP contribution in [0.15, 0.2) is 11.1 Å². The van der Waals surface area contributed by atoms with Crippen molar-refractivity contribution in [1.82, 2.24) is 4.90 Å². The molecule has 0 aliphatic carbocycles. The average Bonchev–Trinajstić information content (AvgIpc) is 2.50. The van der Waals surface area contributed by atoms with E-state index in [1.54, 1.807) is 0 Å². The van der Waals surface area contributed by atoms with E-state index in [4.69, 9.17) is 5.26 Å². The van der Waals surface area contributed by atoms with Crippen LogP contribution in [0.25, 0.3) is 0 Å². The zero-order valence-electron chi connectivity index (χ0n) is 7.52. The van der Waals surface area contributed by atoms with Crippen LogP contribution in [0.4, 0.5) is 0 Å². The van der Waals surface area contributed by atoms with Gasteiger partial charge in [-0.15, -0.1) is 0 Å². The Hall–Kier alpha value is -1.48. The Morgan fingerprint density at radius 3 is 3.14 bits per heavy atom. The van der Waals surface area contributed by atoms with Gasteiger partial charge in [0.15, 0.2) is 0 Å². The number of carbonyl (C=O) groups is 2. The predicted molar refractivity (Wildman–Crippen MR) is 49.9 cm³/mol. The molecule has 1 heterocycles. The van der Waals surface area contributed by atoms with Crippen molar-refractivity contribution < 1.29 is 14.3 Å². The van der Waals surface area contributed by atoms with Gasteiger partial charge in [0.25, 0.3) is 0 Å². The second-order valence-corrected chi connectivity index (χ2v) is 3.45. The average molecular weight is 212 g/mol. The summed E-state index contributed by atoms with van der Waals surface area (Å²) < 4.78 is 4.43. The molecule has 74 valence electrons. The number of amides is 1. The Morgan fingerprint density at radius 2 is 2.57 bits per heavy atom. The lowest BCUT2D eigenvalue weighted by molar-refractivity contribution is -0.144. The third-order valence-corrected chi connectivity index (χ3v) is 2.64. The SMILES string of the molecule is COC(=O)CN1C(=O)CSC1=CC#N. The molecule has 1 aliphatic rings. The van der Waals surface area contributed by atoms with E-state index < -0.39 is 5.97 Å². The van der Waals surface area contributed by atoms with Crippen LogP contribution in [0.1, 0.15) is 0 Å². The van der Waals surface area contributed by atoms with Crippen molar-refractivity contribution in [1.29, 1.82) is 5.26 Å². The van der Waals surface area contributed by atoms with Gasteiger partial charge in [0.2, 0.25) is 5.91 Å². The van der Waals surface area contributed by atoms with Crippen molar-refractivity contribution in [2.45, 2.75) is 0 Å². The van der Waals surface area contributed by atoms with E-state index in [1.165, 1.54) is 29.8 Å². The molecule has 1 fully saturated rings. The molecule has 0 aromatic heterocycles. The van der Waals surface area contributed by atoms with Gasteiger partial charge in [-0.05, 0) is 0 Å². The number of hydrogen-bond donors (Lipinski definition) is 0. The predicted octanol–water partition coefficient (Wildman–Crippen LogP) is 0.0998. The molecular weight excluding hydrogens is 204 g/mol. The molecule has 0 aromatic rings. The van der Waals surface area contributed by atoms with Gasteiger partial charge < -0.3 is 4.74 Å². The summed E-state index contributed by atoms with van der Waals surface area (Å²) in [5, 5.41) is 8.93. The van der Waals surface area contributed by atoms with Crippen LogP contribution in [0.3, 0.4) is 0 Å². The van der Waals surface area contributed by atoms with E-state index in [0.717, 1.165) is 0 Å². The van der Waals surface area contributed by atoms with Gasteiger partial charge in [-0.3, -0.25) is 14.5 Å². The number of hydrogen-bond acceptors (Lipinski definition) is 5. The van der Waals surface area contributed by atoms with Crippen molar-refractivity contribution >= 4 is 23.6 Å². The van der Waals surface area contributed by atoms with Gasteiger partial charge in [0.1, 0.15) is 6.54 Å². The Balaban J connectivity index is 2.73. The molecule has 1 amide bonds. The third-order valence-electron chi connectivity index (χ3n) is 1.61. The summed E-state index contributed by atoms with van der Waals surface area (Å²) in [5.74, 6) is -0.406. The Labute approximate surface area is 85.3 Å². The highest BCUT2D eigenvalue weighted by atomic mass is 32.2. The van der Waals surface area contributed by atoms with E-state index in [-0.39, 0.29) is 18.2 Å². The van der Waals surface area contributed by atoms with E-state index >= 15 is 0 Å².